The van der Waals surface area contributed by atoms with E-state index < -0.39 is 21.2 Å². The van der Waals surface area contributed by atoms with E-state index in [1.807, 2.05) is 0 Å². The summed E-state index contributed by atoms with van der Waals surface area (Å²) >= 11 is 0. The minimum absolute atomic E-state index is 0.143. The molecule has 0 aliphatic rings. The summed E-state index contributed by atoms with van der Waals surface area (Å²) in [5.41, 5.74) is -0.644. The summed E-state index contributed by atoms with van der Waals surface area (Å²) < 4.78 is 4.83. The van der Waals surface area contributed by atoms with Gasteiger partial charge in [-0.25, -0.2) is 0 Å². The van der Waals surface area contributed by atoms with Crippen LogP contribution in [-0.4, -0.2) is 21.9 Å². The number of methoxy groups -OCH3 is 1. The molecule has 0 saturated heterocycles. The van der Waals surface area contributed by atoms with Crippen LogP contribution in [0.25, 0.3) is 11.1 Å². The van der Waals surface area contributed by atoms with E-state index in [2.05, 4.69) is 4.98 Å². The number of pyridine rings is 1. The first-order valence-electron chi connectivity index (χ1n) is 5.46. The Bertz CT molecular complexity index is 672. The van der Waals surface area contributed by atoms with Gasteiger partial charge >= 0.3 is 11.4 Å². The van der Waals surface area contributed by atoms with Crippen LogP contribution in [-0.2, 0) is 0 Å². The Balaban J connectivity index is 2.80. The average molecular weight is 275 g/mol. The molecule has 0 aliphatic heterocycles. The van der Waals surface area contributed by atoms with Gasteiger partial charge in [-0.05, 0) is 29.8 Å². The predicted molar refractivity (Wildman–Crippen MR) is 69.5 cm³/mol. The Morgan fingerprint density at radius 3 is 2.10 bits per heavy atom. The summed E-state index contributed by atoms with van der Waals surface area (Å²) in [5.74, 6) is -0.153. The van der Waals surface area contributed by atoms with Gasteiger partial charge in [0.25, 0.3) is 0 Å². The van der Waals surface area contributed by atoms with Crippen LogP contribution in [0.4, 0.5) is 11.4 Å². The van der Waals surface area contributed by atoms with Crippen LogP contribution >= 0.6 is 0 Å². The second kappa shape index (κ2) is 5.31. The molecule has 0 bridgehead atoms. The highest BCUT2D eigenvalue weighted by Gasteiger charge is 2.33. The summed E-state index contributed by atoms with van der Waals surface area (Å²) in [6, 6.07) is 5.83. The number of nitro groups is 2. The maximum absolute atomic E-state index is 11.2. The summed E-state index contributed by atoms with van der Waals surface area (Å²) in [5, 5.41) is 22.3. The standard InChI is InChI=1S/C12H9N3O5/c1-20-10-3-2-9(8-4-6-13-7-5-8)11(14(16)17)12(10)15(18)19/h2-7H,1H3. The monoisotopic (exact) mass is 275 g/mol. The highest BCUT2D eigenvalue weighted by molar-refractivity contribution is 5.82. The maximum Gasteiger partial charge on any atom is 0.388 e. The molecule has 8 heteroatoms. The second-order valence-corrected chi connectivity index (χ2v) is 3.76. The molecule has 2 aromatic rings. The minimum atomic E-state index is -0.818. The van der Waals surface area contributed by atoms with E-state index in [0.29, 0.717) is 5.56 Å². The van der Waals surface area contributed by atoms with Gasteiger partial charge in [0.15, 0.2) is 0 Å². The molecule has 0 saturated carbocycles. The third kappa shape index (κ3) is 2.26. The Morgan fingerprint density at radius 1 is 1.00 bits per heavy atom. The lowest BCUT2D eigenvalue weighted by Gasteiger charge is -2.06. The lowest BCUT2D eigenvalue weighted by molar-refractivity contribution is -0.422. The highest BCUT2D eigenvalue weighted by atomic mass is 16.6. The molecule has 0 unspecified atom stereocenters. The summed E-state index contributed by atoms with van der Waals surface area (Å²) in [6.45, 7) is 0. The zero-order valence-corrected chi connectivity index (χ0v) is 10.3. The van der Waals surface area contributed by atoms with Crippen molar-refractivity contribution in [2.75, 3.05) is 7.11 Å². The number of rotatable bonds is 4. The van der Waals surface area contributed by atoms with E-state index in [1.54, 1.807) is 12.1 Å². The van der Waals surface area contributed by atoms with Crippen molar-refractivity contribution < 1.29 is 14.6 Å². The molecule has 0 fully saturated rings. The first-order chi connectivity index (χ1) is 9.56. The van der Waals surface area contributed by atoms with Crippen molar-refractivity contribution in [3.8, 4) is 16.9 Å². The largest absolute Gasteiger partial charge is 0.490 e. The lowest BCUT2D eigenvalue weighted by atomic mass is 10.0. The molecule has 1 aromatic heterocycles. The van der Waals surface area contributed by atoms with E-state index in [1.165, 1.54) is 31.6 Å². The molecule has 1 aromatic carbocycles. The van der Waals surface area contributed by atoms with Gasteiger partial charge in [-0.15, -0.1) is 0 Å². The third-order valence-corrected chi connectivity index (χ3v) is 2.69. The van der Waals surface area contributed by atoms with Crippen LogP contribution in [0.1, 0.15) is 0 Å². The fourth-order valence-electron chi connectivity index (χ4n) is 1.85. The van der Waals surface area contributed by atoms with Crippen LogP contribution in [0.2, 0.25) is 0 Å². The van der Waals surface area contributed by atoms with Crippen LogP contribution in [0.5, 0.6) is 5.75 Å². The number of nitro benzene ring substituents is 2. The van der Waals surface area contributed by atoms with Gasteiger partial charge in [0.1, 0.15) is 0 Å². The van der Waals surface area contributed by atoms with Crippen LogP contribution in [0.15, 0.2) is 36.7 Å². The second-order valence-electron chi connectivity index (χ2n) is 3.76. The van der Waals surface area contributed by atoms with Gasteiger partial charge in [-0.3, -0.25) is 25.2 Å². The van der Waals surface area contributed by atoms with Crippen molar-refractivity contribution >= 4 is 11.4 Å². The smallest absolute Gasteiger partial charge is 0.388 e. The van der Waals surface area contributed by atoms with E-state index in [0.717, 1.165) is 0 Å². The average Bonchev–Trinajstić information content (AvgIpc) is 2.46. The summed E-state index contributed by atoms with van der Waals surface area (Å²) in [6.07, 6.45) is 2.91. The Morgan fingerprint density at radius 2 is 1.60 bits per heavy atom. The minimum Gasteiger partial charge on any atom is -0.490 e. The van der Waals surface area contributed by atoms with E-state index in [4.69, 9.17) is 4.74 Å². The molecule has 2 rings (SSSR count). The van der Waals surface area contributed by atoms with Gasteiger partial charge in [0, 0.05) is 12.4 Å². The molecule has 8 nitrogen and oxygen atoms in total. The fraction of sp³-hybridized carbons (Fsp3) is 0.0833. The number of ether oxygens (including phenoxy) is 1. The number of benzene rings is 1. The number of hydrogen-bond acceptors (Lipinski definition) is 6. The van der Waals surface area contributed by atoms with Gasteiger partial charge in [0.2, 0.25) is 5.75 Å². The zero-order valence-electron chi connectivity index (χ0n) is 10.3. The molecule has 102 valence electrons. The molecule has 0 N–H and O–H groups in total. The molecule has 0 radical (unpaired) electrons. The molecule has 0 amide bonds. The number of nitrogens with zero attached hydrogens (tertiary/aromatic N) is 3. The lowest BCUT2D eigenvalue weighted by Crippen LogP contribution is -2.01. The van der Waals surface area contributed by atoms with E-state index >= 15 is 0 Å². The molecule has 0 atom stereocenters. The van der Waals surface area contributed by atoms with Crippen LogP contribution in [0, 0.1) is 20.2 Å². The first kappa shape index (κ1) is 13.4. The van der Waals surface area contributed by atoms with Crippen molar-refractivity contribution in [2.24, 2.45) is 0 Å². The Hall–Kier alpha value is -3.03. The van der Waals surface area contributed by atoms with Crippen LogP contribution < -0.4 is 4.74 Å². The van der Waals surface area contributed by atoms with Crippen LogP contribution in [0.3, 0.4) is 0 Å². The molecule has 0 spiro atoms. The first-order valence-corrected chi connectivity index (χ1v) is 5.46. The van der Waals surface area contributed by atoms with Crippen molar-refractivity contribution in [1.82, 2.24) is 4.98 Å². The summed E-state index contributed by atoms with van der Waals surface area (Å²) in [4.78, 5) is 24.5. The maximum atomic E-state index is 11.2. The van der Waals surface area contributed by atoms with Crippen molar-refractivity contribution in [1.29, 1.82) is 0 Å². The SMILES string of the molecule is COc1ccc(-c2ccncc2)c([N+](=O)[O-])c1[N+](=O)[O-]. The van der Waals surface area contributed by atoms with Gasteiger partial charge in [0.05, 0.1) is 22.5 Å². The number of aromatic nitrogens is 1. The molecule has 1 heterocycles. The summed E-state index contributed by atoms with van der Waals surface area (Å²) in [7, 11) is 1.22. The fourth-order valence-corrected chi connectivity index (χ4v) is 1.85. The quantitative estimate of drug-likeness (QED) is 0.626. The van der Waals surface area contributed by atoms with Crippen molar-refractivity contribution in [3.05, 3.63) is 56.9 Å². The van der Waals surface area contributed by atoms with Gasteiger partial charge < -0.3 is 4.74 Å². The highest BCUT2D eigenvalue weighted by Crippen LogP contribution is 2.43. The number of hydrogen-bond donors (Lipinski definition) is 0. The molecular formula is C12H9N3O5. The van der Waals surface area contributed by atoms with Crippen molar-refractivity contribution in [3.63, 3.8) is 0 Å². The Kier molecular flexibility index (Phi) is 3.56. The van der Waals surface area contributed by atoms with E-state index in [9.17, 15) is 20.2 Å². The molecular weight excluding hydrogens is 266 g/mol. The topological polar surface area (TPSA) is 108 Å². The normalized spacial score (nSPS) is 10.1. The van der Waals surface area contributed by atoms with Gasteiger partial charge in [-0.2, -0.15) is 0 Å². The molecule has 0 aliphatic carbocycles. The third-order valence-electron chi connectivity index (χ3n) is 2.69. The Labute approximate surface area is 112 Å². The molecule has 20 heavy (non-hydrogen) atoms. The predicted octanol–water partition coefficient (Wildman–Crippen LogP) is 2.57. The van der Waals surface area contributed by atoms with Crippen molar-refractivity contribution in [2.45, 2.75) is 0 Å². The van der Waals surface area contributed by atoms with E-state index in [-0.39, 0.29) is 11.3 Å². The van der Waals surface area contributed by atoms with Gasteiger partial charge in [-0.1, -0.05) is 0 Å². The zero-order chi connectivity index (χ0) is 14.7.